The maximum absolute atomic E-state index is 12.3. The van der Waals surface area contributed by atoms with Crippen LogP contribution in [0.1, 0.15) is 42.5 Å². The summed E-state index contributed by atoms with van der Waals surface area (Å²) in [5, 5.41) is 0. The zero-order chi connectivity index (χ0) is 17.6. The van der Waals surface area contributed by atoms with E-state index in [1.165, 1.54) is 7.11 Å². The molecule has 1 saturated heterocycles. The Morgan fingerprint density at radius 1 is 1.36 bits per heavy atom. The van der Waals surface area contributed by atoms with Gasteiger partial charge in [0.05, 0.1) is 13.3 Å². The molecule has 2 aromatic rings. The van der Waals surface area contributed by atoms with E-state index in [0.29, 0.717) is 12.3 Å². The molecule has 1 fully saturated rings. The number of oxazole rings is 1. The highest BCUT2D eigenvalue weighted by Gasteiger charge is 2.31. The second-order valence-electron chi connectivity index (χ2n) is 6.22. The Morgan fingerprint density at radius 2 is 2.24 bits per heavy atom. The summed E-state index contributed by atoms with van der Waals surface area (Å²) < 4.78 is 16.2. The number of benzene rings is 1. The molecule has 0 saturated carbocycles. The summed E-state index contributed by atoms with van der Waals surface area (Å²) in [6, 6.07) is 7.78. The van der Waals surface area contributed by atoms with Gasteiger partial charge in [-0.05, 0) is 37.0 Å². The number of rotatable bonds is 6. The molecule has 134 valence electrons. The van der Waals surface area contributed by atoms with Crippen molar-refractivity contribution in [3.63, 3.8) is 0 Å². The van der Waals surface area contributed by atoms with Crippen LogP contribution in [0.15, 0.2) is 34.9 Å². The number of carbonyl (C=O) groups is 1. The minimum Gasteiger partial charge on any atom is -0.497 e. The summed E-state index contributed by atoms with van der Waals surface area (Å²) in [6.45, 7) is 0.814. The Kier molecular flexibility index (Phi) is 5.71. The van der Waals surface area contributed by atoms with Crippen LogP contribution in [0, 0.1) is 0 Å². The zero-order valence-electron chi connectivity index (χ0n) is 14.7. The van der Waals surface area contributed by atoms with Gasteiger partial charge in [-0.1, -0.05) is 12.1 Å². The molecule has 0 aliphatic carbocycles. The van der Waals surface area contributed by atoms with Gasteiger partial charge in [-0.2, -0.15) is 0 Å². The average Bonchev–Trinajstić information content (AvgIpc) is 3.10. The van der Waals surface area contributed by atoms with Crippen LogP contribution in [0.3, 0.4) is 0 Å². The van der Waals surface area contributed by atoms with E-state index < -0.39 is 0 Å². The number of hydrogen-bond donors (Lipinski definition) is 0. The normalized spacial score (nSPS) is 17.5. The molecule has 0 bridgehead atoms. The van der Waals surface area contributed by atoms with E-state index in [1.807, 2.05) is 29.2 Å². The molecule has 25 heavy (non-hydrogen) atoms. The predicted molar refractivity (Wildman–Crippen MR) is 92.5 cm³/mol. The van der Waals surface area contributed by atoms with Crippen LogP contribution >= 0.6 is 0 Å². The first-order valence-corrected chi connectivity index (χ1v) is 8.57. The van der Waals surface area contributed by atoms with Crippen molar-refractivity contribution in [1.29, 1.82) is 0 Å². The van der Waals surface area contributed by atoms with Crippen molar-refractivity contribution >= 4 is 5.91 Å². The highest BCUT2D eigenvalue weighted by atomic mass is 16.5. The molecule has 2 heterocycles. The van der Waals surface area contributed by atoms with Crippen LogP contribution in [0.4, 0.5) is 0 Å². The maximum Gasteiger partial charge on any atom is 0.249 e. The first kappa shape index (κ1) is 17.5. The van der Waals surface area contributed by atoms with Gasteiger partial charge >= 0.3 is 0 Å². The summed E-state index contributed by atoms with van der Waals surface area (Å²) in [5.74, 6) is 2.20. The Labute approximate surface area is 147 Å². The molecule has 1 unspecified atom stereocenters. The first-order chi connectivity index (χ1) is 12.2. The molecule has 0 radical (unpaired) electrons. The number of ether oxygens (including phenoxy) is 2. The topological polar surface area (TPSA) is 64.8 Å². The summed E-state index contributed by atoms with van der Waals surface area (Å²) in [6.07, 6.45) is 5.33. The summed E-state index contributed by atoms with van der Waals surface area (Å²) in [7, 11) is 3.19. The van der Waals surface area contributed by atoms with Crippen molar-refractivity contribution in [2.24, 2.45) is 0 Å². The molecule has 6 nitrogen and oxygen atoms in total. The molecule has 0 N–H and O–H groups in total. The van der Waals surface area contributed by atoms with Crippen molar-refractivity contribution in [1.82, 2.24) is 9.88 Å². The number of hydrogen-bond acceptors (Lipinski definition) is 5. The Morgan fingerprint density at radius 3 is 3.04 bits per heavy atom. The van der Waals surface area contributed by atoms with Gasteiger partial charge in [-0.15, -0.1) is 0 Å². The first-order valence-electron chi connectivity index (χ1n) is 8.57. The van der Waals surface area contributed by atoms with Gasteiger partial charge in [0.15, 0.2) is 0 Å². The van der Waals surface area contributed by atoms with Gasteiger partial charge in [0.2, 0.25) is 11.8 Å². The lowest BCUT2D eigenvalue weighted by molar-refractivity contribution is -0.139. The highest BCUT2D eigenvalue weighted by Crippen LogP contribution is 2.31. The second-order valence-corrected chi connectivity index (χ2v) is 6.22. The van der Waals surface area contributed by atoms with Gasteiger partial charge in [0.25, 0.3) is 0 Å². The van der Waals surface area contributed by atoms with E-state index in [2.05, 4.69) is 4.98 Å². The van der Waals surface area contributed by atoms with Gasteiger partial charge in [-0.3, -0.25) is 4.79 Å². The molecule has 6 heteroatoms. The lowest BCUT2D eigenvalue weighted by atomic mass is 10.0. The molecule has 1 aliphatic rings. The van der Waals surface area contributed by atoms with E-state index in [0.717, 1.165) is 42.9 Å². The molecule has 0 spiro atoms. The molecule has 1 aliphatic heterocycles. The van der Waals surface area contributed by atoms with E-state index in [-0.39, 0.29) is 18.6 Å². The number of aromatic nitrogens is 1. The summed E-state index contributed by atoms with van der Waals surface area (Å²) in [4.78, 5) is 18.5. The van der Waals surface area contributed by atoms with Crippen molar-refractivity contribution in [3.8, 4) is 5.75 Å². The number of amides is 1. The highest BCUT2D eigenvalue weighted by molar-refractivity contribution is 5.77. The van der Waals surface area contributed by atoms with Crippen molar-refractivity contribution < 1.29 is 18.7 Å². The lowest BCUT2D eigenvalue weighted by Gasteiger charge is -2.33. The lowest BCUT2D eigenvalue weighted by Crippen LogP contribution is -2.40. The van der Waals surface area contributed by atoms with Crippen molar-refractivity contribution in [3.05, 3.63) is 47.7 Å². The third-order valence-electron chi connectivity index (χ3n) is 4.46. The summed E-state index contributed by atoms with van der Waals surface area (Å²) in [5.41, 5.74) is 1.10. The van der Waals surface area contributed by atoms with Crippen LogP contribution < -0.4 is 4.74 Å². The molecule has 1 aromatic carbocycles. The minimum absolute atomic E-state index is 0.0141. The predicted octanol–water partition coefficient (Wildman–Crippen LogP) is 2.97. The fraction of sp³-hybridized carbons (Fsp3) is 0.474. The van der Waals surface area contributed by atoms with Crippen LogP contribution in [-0.2, 0) is 16.0 Å². The molecular weight excluding hydrogens is 320 g/mol. The van der Waals surface area contributed by atoms with Gasteiger partial charge in [0, 0.05) is 20.1 Å². The number of nitrogens with zero attached hydrogens (tertiary/aromatic N) is 2. The molecule has 1 atom stereocenters. The third-order valence-corrected chi connectivity index (χ3v) is 4.46. The fourth-order valence-electron chi connectivity index (χ4n) is 3.24. The number of methoxy groups -OCH3 is 2. The van der Waals surface area contributed by atoms with E-state index in [4.69, 9.17) is 13.9 Å². The number of piperidine rings is 1. The number of carbonyl (C=O) groups excluding carboxylic acids is 1. The van der Waals surface area contributed by atoms with E-state index in [9.17, 15) is 4.79 Å². The largest absolute Gasteiger partial charge is 0.497 e. The SMILES string of the molecule is COCC(=O)N1CCCCC1c1ncc(Cc2cccc(OC)c2)o1. The molecular formula is C19H24N2O4. The van der Waals surface area contributed by atoms with Crippen LogP contribution in [0.25, 0.3) is 0 Å². The van der Waals surface area contributed by atoms with E-state index in [1.54, 1.807) is 13.3 Å². The summed E-state index contributed by atoms with van der Waals surface area (Å²) >= 11 is 0. The average molecular weight is 344 g/mol. The zero-order valence-corrected chi connectivity index (χ0v) is 14.7. The van der Waals surface area contributed by atoms with E-state index >= 15 is 0 Å². The van der Waals surface area contributed by atoms with Gasteiger partial charge in [0.1, 0.15) is 24.2 Å². The van der Waals surface area contributed by atoms with Crippen LogP contribution in [0.5, 0.6) is 5.75 Å². The third kappa shape index (κ3) is 4.20. The molecule has 1 aromatic heterocycles. The Bertz CT molecular complexity index is 713. The van der Waals surface area contributed by atoms with Crippen LogP contribution in [0.2, 0.25) is 0 Å². The second kappa shape index (κ2) is 8.16. The van der Waals surface area contributed by atoms with Crippen LogP contribution in [-0.4, -0.2) is 43.2 Å². The Hall–Kier alpha value is -2.34. The standard InChI is InChI=1S/C19H24N2O4/c1-23-13-18(22)21-9-4-3-8-17(21)19-20-12-16(25-19)11-14-6-5-7-15(10-14)24-2/h5-7,10,12,17H,3-4,8-9,11,13H2,1-2H3. The Balaban J connectivity index is 1.73. The van der Waals surface area contributed by atoms with Crippen molar-refractivity contribution in [2.45, 2.75) is 31.7 Å². The maximum atomic E-state index is 12.3. The minimum atomic E-state index is -0.101. The monoisotopic (exact) mass is 344 g/mol. The number of likely N-dealkylation sites (tertiary alicyclic amines) is 1. The quantitative estimate of drug-likeness (QED) is 0.806. The van der Waals surface area contributed by atoms with Gasteiger partial charge in [-0.25, -0.2) is 4.98 Å². The smallest absolute Gasteiger partial charge is 0.249 e. The molecule has 3 rings (SSSR count). The van der Waals surface area contributed by atoms with Crippen molar-refractivity contribution in [2.75, 3.05) is 27.4 Å². The fourth-order valence-corrected chi connectivity index (χ4v) is 3.24. The molecule has 1 amide bonds. The van der Waals surface area contributed by atoms with Gasteiger partial charge < -0.3 is 18.8 Å².